The van der Waals surface area contributed by atoms with E-state index in [4.69, 9.17) is 29.5 Å². The SMILES string of the molecule is Cc1cc(-c2c(OC#N)c(OC#N)c3ccccc3c2-c2cc(C)c(OC#N)c(C)c2)cc(C)c1OC#N. The third-order valence-electron chi connectivity index (χ3n) is 6.21. The van der Waals surface area contributed by atoms with Gasteiger partial charge in [-0.15, -0.1) is 21.0 Å². The molecule has 0 saturated carbocycles. The molecule has 0 bridgehead atoms. The quantitative estimate of drug-likeness (QED) is 0.263. The van der Waals surface area contributed by atoms with Crippen LogP contribution >= 0.6 is 0 Å². The van der Waals surface area contributed by atoms with Gasteiger partial charge in [0.2, 0.25) is 0 Å². The second-order valence-corrected chi connectivity index (χ2v) is 8.61. The summed E-state index contributed by atoms with van der Waals surface area (Å²) in [5.74, 6) is 1.07. The van der Waals surface area contributed by atoms with E-state index in [1.54, 1.807) is 37.2 Å². The highest BCUT2D eigenvalue weighted by molar-refractivity contribution is 6.10. The summed E-state index contributed by atoms with van der Waals surface area (Å²) < 4.78 is 21.2. The summed E-state index contributed by atoms with van der Waals surface area (Å²) in [6, 6.07) is 14.8. The Bertz CT molecular complexity index is 1720. The van der Waals surface area contributed by atoms with Crippen molar-refractivity contribution in [3.63, 3.8) is 0 Å². The van der Waals surface area contributed by atoms with Gasteiger partial charge in [-0.2, -0.15) is 0 Å². The van der Waals surface area contributed by atoms with Gasteiger partial charge in [-0.3, -0.25) is 0 Å². The molecule has 0 N–H and O–H groups in total. The van der Waals surface area contributed by atoms with E-state index in [-0.39, 0.29) is 11.5 Å². The first-order valence-corrected chi connectivity index (χ1v) is 11.4. The number of fused-ring (bicyclic) bond motifs is 1. The molecule has 184 valence electrons. The summed E-state index contributed by atoms with van der Waals surface area (Å²) in [4.78, 5) is 0. The molecule has 38 heavy (non-hydrogen) atoms. The second-order valence-electron chi connectivity index (χ2n) is 8.61. The van der Waals surface area contributed by atoms with Gasteiger partial charge in [0.15, 0.2) is 11.5 Å². The van der Waals surface area contributed by atoms with Crippen molar-refractivity contribution in [2.24, 2.45) is 0 Å². The van der Waals surface area contributed by atoms with Gasteiger partial charge in [0.05, 0.1) is 0 Å². The Morgan fingerprint density at radius 3 is 1.29 bits per heavy atom. The van der Waals surface area contributed by atoms with Crippen molar-refractivity contribution < 1.29 is 18.9 Å². The summed E-state index contributed by atoms with van der Waals surface area (Å²) >= 11 is 0. The van der Waals surface area contributed by atoms with E-state index in [2.05, 4.69) is 0 Å². The Morgan fingerprint density at radius 1 is 0.474 bits per heavy atom. The minimum atomic E-state index is 0.0724. The van der Waals surface area contributed by atoms with Gasteiger partial charge in [-0.25, -0.2) is 0 Å². The number of hydrogen-bond acceptors (Lipinski definition) is 8. The maximum atomic E-state index is 9.61. The molecular formula is C30H20N4O4. The Balaban J connectivity index is 2.23. The molecule has 0 atom stereocenters. The van der Waals surface area contributed by atoms with Gasteiger partial charge in [-0.05, 0) is 90.7 Å². The predicted octanol–water partition coefficient (Wildman–Crippen LogP) is 6.85. The van der Waals surface area contributed by atoms with Crippen LogP contribution in [0, 0.1) is 73.8 Å². The van der Waals surface area contributed by atoms with Crippen LogP contribution in [0.2, 0.25) is 0 Å². The highest BCUT2D eigenvalue weighted by Crippen LogP contribution is 2.52. The second kappa shape index (κ2) is 10.5. The molecular weight excluding hydrogens is 480 g/mol. The number of nitrogens with zero attached hydrogens (tertiary/aromatic N) is 4. The summed E-state index contributed by atoms with van der Waals surface area (Å²) in [7, 11) is 0. The Labute approximate surface area is 219 Å². The average Bonchev–Trinajstić information content (AvgIpc) is 2.89. The number of aryl methyl sites for hydroxylation is 4. The van der Waals surface area contributed by atoms with Crippen LogP contribution < -0.4 is 18.9 Å². The fraction of sp³-hybridized carbons (Fsp3) is 0.133. The van der Waals surface area contributed by atoms with Crippen LogP contribution in [-0.2, 0) is 0 Å². The van der Waals surface area contributed by atoms with E-state index in [1.807, 2.05) is 64.1 Å². The number of nitriles is 4. The normalized spacial score (nSPS) is 10.0. The Kier molecular flexibility index (Phi) is 7.02. The molecule has 0 heterocycles. The number of hydrogen-bond donors (Lipinski definition) is 0. The monoisotopic (exact) mass is 500 g/mol. The summed E-state index contributed by atoms with van der Waals surface area (Å²) in [5, 5.41) is 38.6. The first-order valence-electron chi connectivity index (χ1n) is 11.4. The molecule has 0 aliphatic rings. The van der Waals surface area contributed by atoms with Crippen LogP contribution in [0.15, 0.2) is 48.5 Å². The average molecular weight is 501 g/mol. The van der Waals surface area contributed by atoms with Gasteiger partial charge >= 0.3 is 0 Å². The molecule has 0 aliphatic heterocycles. The highest BCUT2D eigenvalue weighted by atomic mass is 16.5. The van der Waals surface area contributed by atoms with Gasteiger partial charge in [0.25, 0.3) is 25.0 Å². The number of ether oxygens (including phenoxy) is 4. The summed E-state index contributed by atoms with van der Waals surface area (Å²) in [6.07, 6.45) is 6.88. The molecule has 0 spiro atoms. The van der Waals surface area contributed by atoms with Crippen LogP contribution in [0.1, 0.15) is 22.3 Å². The molecule has 4 rings (SSSR count). The number of benzene rings is 4. The topological polar surface area (TPSA) is 132 Å². The van der Waals surface area contributed by atoms with Crippen molar-refractivity contribution in [2.75, 3.05) is 0 Å². The Morgan fingerprint density at radius 2 is 0.842 bits per heavy atom. The van der Waals surface area contributed by atoms with Crippen LogP contribution in [0.25, 0.3) is 33.0 Å². The molecule has 0 radical (unpaired) electrons. The standard InChI is InChI=1S/C30H20N4O4/c1-17-9-21(10-18(2)27(17)35-13-31)25-23-7-5-6-8-24(23)29(37-15-33)30(38-16-34)26(25)22-11-19(3)28(36-14-32)20(4)12-22/h5-12H,1-4H3. The fourth-order valence-electron chi connectivity index (χ4n) is 4.85. The maximum absolute atomic E-state index is 9.61. The van der Waals surface area contributed by atoms with Gasteiger partial charge < -0.3 is 18.9 Å². The lowest BCUT2D eigenvalue weighted by atomic mass is 9.86. The molecule has 0 aliphatic carbocycles. The van der Waals surface area contributed by atoms with Crippen molar-refractivity contribution in [2.45, 2.75) is 27.7 Å². The lowest BCUT2D eigenvalue weighted by Gasteiger charge is -2.21. The van der Waals surface area contributed by atoms with Crippen LogP contribution in [0.4, 0.5) is 0 Å². The molecule has 0 amide bonds. The minimum Gasteiger partial charge on any atom is -0.387 e. The van der Waals surface area contributed by atoms with Crippen molar-refractivity contribution in [3.8, 4) is 70.3 Å². The van der Waals surface area contributed by atoms with E-state index in [0.717, 1.165) is 27.6 Å². The maximum Gasteiger partial charge on any atom is 0.292 e. The highest BCUT2D eigenvalue weighted by Gasteiger charge is 2.26. The molecule has 4 aromatic rings. The molecule has 8 nitrogen and oxygen atoms in total. The molecule has 8 heteroatoms. The summed E-state index contributed by atoms with van der Waals surface area (Å²) in [5.41, 5.74) is 5.52. The lowest BCUT2D eigenvalue weighted by molar-refractivity contribution is 0.447. The van der Waals surface area contributed by atoms with E-state index < -0.39 is 0 Å². The Hall–Kier alpha value is -5.70. The zero-order chi connectivity index (χ0) is 27.4. The van der Waals surface area contributed by atoms with Gasteiger partial charge in [0.1, 0.15) is 11.5 Å². The molecule has 0 saturated heterocycles. The first-order chi connectivity index (χ1) is 18.4. The molecule has 0 aromatic heterocycles. The number of rotatable bonds is 6. The molecule has 0 fully saturated rings. The summed E-state index contributed by atoms with van der Waals surface area (Å²) in [6.45, 7) is 7.30. The van der Waals surface area contributed by atoms with Gasteiger partial charge in [-0.1, -0.05) is 24.3 Å². The van der Waals surface area contributed by atoms with Gasteiger partial charge in [0, 0.05) is 16.5 Å². The smallest absolute Gasteiger partial charge is 0.292 e. The predicted molar refractivity (Wildman–Crippen MR) is 139 cm³/mol. The molecule has 0 unspecified atom stereocenters. The van der Waals surface area contributed by atoms with Crippen molar-refractivity contribution in [3.05, 3.63) is 70.8 Å². The van der Waals surface area contributed by atoms with E-state index in [0.29, 0.717) is 39.1 Å². The van der Waals surface area contributed by atoms with Crippen LogP contribution in [-0.4, -0.2) is 0 Å². The van der Waals surface area contributed by atoms with E-state index in [9.17, 15) is 10.5 Å². The van der Waals surface area contributed by atoms with Crippen molar-refractivity contribution >= 4 is 10.8 Å². The minimum absolute atomic E-state index is 0.0724. The zero-order valence-corrected chi connectivity index (χ0v) is 21.0. The van der Waals surface area contributed by atoms with Crippen molar-refractivity contribution in [1.82, 2.24) is 0 Å². The fourth-order valence-corrected chi connectivity index (χ4v) is 4.85. The van der Waals surface area contributed by atoms with E-state index in [1.165, 1.54) is 0 Å². The van der Waals surface area contributed by atoms with Crippen molar-refractivity contribution in [1.29, 1.82) is 21.0 Å². The lowest BCUT2D eigenvalue weighted by Crippen LogP contribution is -2.00. The third kappa shape index (κ3) is 4.35. The van der Waals surface area contributed by atoms with E-state index >= 15 is 0 Å². The molecule has 4 aromatic carbocycles. The van der Waals surface area contributed by atoms with Crippen LogP contribution in [0.5, 0.6) is 23.0 Å². The van der Waals surface area contributed by atoms with Crippen LogP contribution in [0.3, 0.4) is 0 Å². The third-order valence-corrected chi connectivity index (χ3v) is 6.21. The first kappa shape index (κ1) is 25.4. The largest absolute Gasteiger partial charge is 0.387 e. The zero-order valence-electron chi connectivity index (χ0n) is 21.0.